The van der Waals surface area contributed by atoms with E-state index in [1.54, 1.807) is 6.20 Å². The molecule has 2 heterocycles. The van der Waals surface area contributed by atoms with Crippen LogP contribution in [0.4, 0.5) is 5.13 Å². The first-order valence-corrected chi connectivity index (χ1v) is 10.2. The first-order chi connectivity index (χ1) is 12.7. The van der Waals surface area contributed by atoms with Crippen LogP contribution in [0.25, 0.3) is 0 Å². The van der Waals surface area contributed by atoms with Crippen molar-refractivity contribution in [1.82, 2.24) is 14.7 Å². The van der Waals surface area contributed by atoms with Crippen LogP contribution in [-0.2, 0) is 13.1 Å². The van der Waals surface area contributed by atoms with Gasteiger partial charge in [-0.2, -0.15) is 0 Å². The van der Waals surface area contributed by atoms with Crippen molar-refractivity contribution >= 4 is 34.3 Å². The lowest BCUT2D eigenvalue weighted by Crippen LogP contribution is -2.23. The fourth-order valence-electron chi connectivity index (χ4n) is 2.55. The molecule has 3 aromatic rings. The monoisotopic (exact) mass is 384 g/mol. The summed E-state index contributed by atoms with van der Waals surface area (Å²) >= 11 is 2.81. The lowest BCUT2D eigenvalue weighted by Gasteiger charge is -2.21. The Hall–Kier alpha value is -2.38. The molecule has 3 rings (SSSR count). The summed E-state index contributed by atoms with van der Waals surface area (Å²) in [6, 6.07) is 16.1. The Morgan fingerprint density at radius 3 is 2.62 bits per heavy atom. The molecule has 0 spiro atoms. The summed E-state index contributed by atoms with van der Waals surface area (Å²) in [7, 11) is 0. The minimum absolute atomic E-state index is 0.157. The lowest BCUT2D eigenvalue weighted by molar-refractivity contribution is 0.0980. The Morgan fingerprint density at radius 1 is 1.15 bits per heavy atom. The number of rotatable bonds is 7. The van der Waals surface area contributed by atoms with Crippen LogP contribution in [-0.4, -0.2) is 22.1 Å². The number of carbonyl (C=O) groups is 1. The first-order valence-electron chi connectivity index (χ1n) is 8.17. The molecule has 0 radical (unpaired) electrons. The van der Waals surface area contributed by atoms with E-state index in [1.807, 2.05) is 49.6 Å². The molecule has 0 saturated heterocycles. The highest BCUT2D eigenvalue weighted by Crippen LogP contribution is 2.28. The maximum atomic E-state index is 12.2. The molecule has 1 aromatic carbocycles. The van der Waals surface area contributed by atoms with Gasteiger partial charge in [0.1, 0.15) is 5.69 Å². The van der Waals surface area contributed by atoms with Crippen LogP contribution < -0.4 is 9.62 Å². The van der Waals surface area contributed by atoms with Crippen molar-refractivity contribution in [3.8, 4) is 0 Å². The van der Waals surface area contributed by atoms with E-state index >= 15 is 0 Å². The summed E-state index contributed by atoms with van der Waals surface area (Å²) in [6.45, 7) is 3.26. The van der Waals surface area contributed by atoms with Crippen molar-refractivity contribution in [2.45, 2.75) is 20.0 Å². The van der Waals surface area contributed by atoms with Crippen molar-refractivity contribution in [2.24, 2.45) is 0 Å². The Morgan fingerprint density at radius 2 is 1.92 bits per heavy atom. The number of hydrogen-bond acceptors (Lipinski definition) is 6. The number of benzene rings is 1. The SMILES string of the molecule is CSNC(=O)c1nc(N(Cc2ccccc2)Cc2ccccn2)sc1C. The topological polar surface area (TPSA) is 58.1 Å². The zero-order valence-corrected chi connectivity index (χ0v) is 16.3. The highest BCUT2D eigenvalue weighted by atomic mass is 32.2. The minimum Gasteiger partial charge on any atom is -0.338 e. The van der Waals surface area contributed by atoms with Crippen LogP contribution >= 0.6 is 23.3 Å². The van der Waals surface area contributed by atoms with E-state index in [1.165, 1.54) is 28.8 Å². The number of hydrogen-bond donors (Lipinski definition) is 1. The quantitative estimate of drug-likeness (QED) is 0.623. The van der Waals surface area contributed by atoms with Gasteiger partial charge in [-0.15, -0.1) is 11.3 Å². The third-order valence-electron chi connectivity index (χ3n) is 3.76. The number of aryl methyl sites for hydroxylation is 1. The second kappa shape index (κ2) is 8.82. The van der Waals surface area contributed by atoms with Crippen molar-refractivity contribution in [2.75, 3.05) is 11.2 Å². The van der Waals surface area contributed by atoms with Gasteiger partial charge in [0.05, 0.1) is 12.2 Å². The average molecular weight is 385 g/mol. The zero-order valence-electron chi connectivity index (χ0n) is 14.7. The van der Waals surface area contributed by atoms with Gasteiger partial charge in [0, 0.05) is 23.9 Å². The third kappa shape index (κ3) is 4.62. The van der Waals surface area contributed by atoms with Gasteiger partial charge in [0.25, 0.3) is 5.91 Å². The molecule has 26 heavy (non-hydrogen) atoms. The van der Waals surface area contributed by atoms with Gasteiger partial charge in [-0.1, -0.05) is 48.3 Å². The van der Waals surface area contributed by atoms with Gasteiger partial charge in [0.15, 0.2) is 5.13 Å². The molecule has 1 N–H and O–H groups in total. The largest absolute Gasteiger partial charge is 0.338 e. The molecule has 0 atom stereocenters. The first kappa shape index (κ1) is 18.4. The molecule has 5 nitrogen and oxygen atoms in total. The van der Waals surface area contributed by atoms with Crippen molar-refractivity contribution in [1.29, 1.82) is 0 Å². The molecule has 0 saturated carbocycles. The van der Waals surface area contributed by atoms with Gasteiger partial charge in [-0.3, -0.25) is 14.5 Å². The number of thiazole rings is 1. The van der Waals surface area contributed by atoms with Crippen LogP contribution in [0.3, 0.4) is 0 Å². The number of carbonyl (C=O) groups excluding carboxylic acids is 1. The molecular weight excluding hydrogens is 364 g/mol. The van der Waals surface area contributed by atoms with Gasteiger partial charge in [-0.25, -0.2) is 4.98 Å². The Bertz CT molecular complexity index is 811. The summed E-state index contributed by atoms with van der Waals surface area (Å²) < 4.78 is 2.75. The summed E-state index contributed by atoms with van der Waals surface area (Å²) in [6.07, 6.45) is 3.61. The summed E-state index contributed by atoms with van der Waals surface area (Å²) in [5, 5.41) is 0.822. The maximum absolute atomic E-state index is 12.2. The normalized spacial score (nSPS) is 10.5. The molecule has 0 aliphatic carbocycles. The van der Waals surface area contributed by atoms with E-state index < -0.39 is 0 Å². The molecule has 0 bridgehead atoms. The number of amides is 1. The highest BCUT2D eigenvalue weighted by molar-refractivity contribution is 7.97. The second-order valence-corrected chi connectivity index (χ2v) is 7.49. The predicted molar refractivity (Wildman–Crippen MR) is 108 cm³/mol. The highest BCUT2D eigenvalue weighted by Gasteiger charge is 2.19. The third-order valence-corrected chi connectivity index (χ3v) is 5.18. The molecule has 0 fully saturated rings. The summed E-state index contributed by atoms with van der Waals surface area (Å²) in [5.74, 6) is -0.157. The second-order valence-electron chi connectivity index (χ2n) is 5.70. The van der Waals surface area contributed by atoms with Crippen LogP contribution in [0.15, 0.2) is 54.7 Å². The van der Waals surface area contributed by atoms with Gasteiger partial charge >= 0.3 is 0 Å². The molecule has 134 valence electrons. The molecule has 0 unspecified atom stereocenters. The molecular formula is C19H20N4OS2. The van der Waals surface area contributed by atoms with Crippen LogP contribution in [0.5, 0.6) is 0 Å². The molecule has 0 aliphatic rings. The van der Waals surface area contributed by atoms with E-state index in [0.717, 1.165) is 15.7 Å². The van der Waals surface area contributed by atoms with E-state index in [0.29, 0.717) is 18.8 Å². The zero-order chi connectivity index (χ0) is 18.4. The van der Waals surface area contributed by atoms with E-state index in [4.69, 9.17) is 0 Å². The van der Waals surface area contributed by atoms with E-state index in [9.17, 15) is 4.79 Å². The number of nitrogens with one attached hydrogen (secondary N) is 1. The number of aromatic nitrogens is 2. The van der Waals surface area contributed by atoms with Gasteiger partial charge in [0.2, 0.25) is 0 Å². The Labute approximate surface area is 161 Å². The van der Waals surface area contributed by atoms with Crippen LogP contribution in [0.2, 0.25) is 0 Å². The number of nitrogens with zero attached hydrogens (tertiary/aromatic N) is 3. The average Bonchev–Trinajstić information content (AvgIpc) is 3.05. The number of anilines is 1. The fraction of sp³-hybridized carbons (Fsp3) is 0.211. The van der Waals surface area contributed by atoms with Gasteiger partial charge in [-0.05, 0) is 24.6 Å². The van der Waals surface area contributed by atoms with Crippen LogP contribution in [0, 0.1) is 6.92 Å². The maximum Gasteiger partial charge on any atom is 0.280 e. The Balaban J connectivity index is 1.89. The van der Waals surface area contributed by atoms with Crippen LogP contribution in [0.1, 0.15) is 26.6 Å². The minimum atomic E-state index is -0.157. The van der Waals surface area contributed by atoms with Crippen molar-refractivity contribution < 1.29 is 4.79 Å². The summed E-state index contributed by atoms with van der Waals surface area (Å²) in [4.78, 5) is 24.3. The summed E-state index contributed by atoms with van der Waals surface area (Å²) in [5.41, 5.74) is 2.64. The Kier molecular flexibility index (Phi) is 6.25. The molecule has 0 aliphatic heterocycles. The lowest BCUT2D eigenvalue weighted by atomic mass is 10.2. The standard InChI is InChI=1S/C19H20N4OS2/c1-14-17(18(24)22-25-2)21-19(26-14)23(12-15-8-4-3-5-9-15)13-16-10-6-7-11-20-16/h3-11H,12-13H2,1-2H3,(H,22,24). The van der Waals surface area contributed by atoms with E-state index in [2.05, 4.69) is 31.7 Å². The number of pyridine rings is 1. The molecule has 1 amide bonds. The smallest absolute Gasteiger partial charge is 0.280 e. The van der Waals surface area contributed by atoms with E-state index in [-0.39, 0.29) is 5.91 Å². The molecule has 7 heteroatoms. The van der Waals surface area contributed by atoms with Gasteiger partial charge < -0.3 is 4.90 Å². The molecule has 2 aromatic heterocycles. The van der Waals surface area contributed by atoms with Crippen molar-refractivity contribution in [3.05, 3.63) is 76.6 Å². The predicted octanol–water partition coefficient (Wildman–Crippen LogP) is 4.06. The fourth-order valence-corrected chi connectivity index (χ4v) is 3.74. The van der Waals surface area contributed by atoms with Crippen molar-refractivity contribution in [3.63, 3.8) is 0 Å².